The number of hydrogen-bond acceptors (Lipinski definition) is 4. The molecule has 0 radical (unpaired) electrons. The van der Waals surface area contributed by atoms with Crippen LogP contribution in [-0.2, 0) is 17.7 Å². The molecule has 1 aliphatic heterocycles. The van der Waals surface area contributed by atoms with E-state index < -0.39 is 0 Å². The summed E-state index contributed by atoms with van der Waals surface area (Å²) < 4.78 is 5.73. The van der Waals surface area contributed by atoms with Crippen molar-refractivity contribution in [2.45, 2.75) is 64.8 Å². The van der Waals surface area contributed by atoms with Crippen molar-refractivity contribution in [3.8, 4) is 0 Å². The predicted molar refractivity (Wildman–Crippen MR) is 85.7 cm³/mol. The van der Waals surface area contributed by atoms with E-state index in [1.54, 1.807) is 0 Å². The molecule has 2 aliphatic rings. The highest BCUT2D eigenvalue weighted by atomic mass is 16.5. The van der Waals surface area contributed by atoms with Crippen LogP contribution >= 0.6 is 0 Å². The fraction of sp³-hybridized carbons (Fsp3) is 0.706. The molecule has 0 bridgehead atoms. The second kappa shape index (κ2) is 6.32. The molecule has 4 heteroatoms. The minimum absolute atomic E-state index is 0.279. The maximum atomic E-state index is 5.73. The Bertz CT molecular complexity index is 487. The molecule has 1 saturated heterocycles. The number of pyridine rings is 1. The molecule has 1 aromatic heterocycles. The van der Waals surface area contributed by atoms with Crippen LogP contribution < -0.4 is 10.2 Å². The molecule has 1 aliphatic carbocycles. The molecule has 0 amide bonds. The Hall–Kier alpha value is -1.13. The SMILES string of the molecule is CCc1cc(CNC2CC2)cc(N2CC(C)OCC2C)n1. The lowest BCUT2D eigenvalue weighted by molar-refractivity contribution is 0.0340. The van der Waals surface area contributed by atoms with Gasteiger partial charge in [-0.05, 0) is 50.8 Å². The second-order valence-electron chi connectivity index (χ2n) is 6.48. The Morgan fingerprint density at radius 1 is 1.33 bits per heavy atom. The fourth-order valence-electron chi connectivity index (χ4n) is 2.84. The van der Waals surface area contributed by atoms with E-state index in [-0.39, 0.29) is 6.10 Å². The van der Waals surface area contributed by atoms with E-state index in [2.05, 4.69) is 43.1 Å². The number of morpholine rings is 1. The first kappa shape index (κ1) is 14.8. The molecule has 2 fully saturated rings. The minimum atomic E-state index is 0.279. The van der Waals surface area contributed by atoms with Gasteiger partial charge in [-0.25, -0.2) is 4.98 Å². The number of nitrogens with zero attached hydrogens (tertiary/aromatic N) is 2. The third-order valence-electron chi connectivity index (χ3n) is 4.36. The van der Waals surface area contributed by atoms with Crippen molar-refractivity contribution in [3.63, 3.8) is 0 Å². The first-order chi connectivity index (χ1) is 10.2. The van der Waals surface area contributed by atoms with Gasteiger partial charge in [-0.15, -0.1) is 0 Å². The molecule has 1 aromatic rings. The Morgan fingerprint density at radius 2 is 2.14 bits per heavy atom. The lowest BCUT2D eigenvalue weighted by atomic mass is 10.1. The van der Waals surface area contributed by atoms with Crippen LogP contribution in [0.2, 0.25) is 0 Å². The number of anilines is 1. The number of ether oxygens (including phenoxy) is 1. The number of aromatic nitrogens is 1. The summed E-state index contributed by atoms with van der Waals surface area (Å²) in [5.41, 5.74) is 2.54. The fourth-order valence-corrected chi connectivity index (χ4v) is 2.84. The van der Waals surface area contributed by atoms with E-state index in [9.17, 15) is 0 Å². The topological polar surface area (TPSA) is 37.4 Å². The maximum absolute atomic E-state index is 5.73. The molecular weight excluding hydrogens is 262 g/mol. The highest BCUT2D eigenvalue weighted by molar-refractivity contribution is 5.44. The van der Waals surface area contributed by atoms with Crippen molar-refractivity contribution in [2.75, 3.05) is 18.1 Å². The molecule has 2 unspecified atom stereocenters. The van der Waals surface area contributed by atoms with Crippen LogP contribution in [-0.4, -0.2) is 36.3 Å². The van der Waals surface area contributed by atoms with Gasteiger partial charge >= 0.3 is 0 Å². The van der Waals surface area contributed by atoms with Crippen molar-refractivity contribution < 1.29 is 4.74 Å². The van der Waals surface area contributed by atoms with Gasteiger partial charge in [0.05, 0.1) is 18.8 Å². The predicted octanol–water partition coefficient (Wildman–Crippen LogP) is 2.51. The summed E-state index contributed by atoms with van der Waals surface area (Å²) in [4.78, 5) is 7.24. The zero-order valence-electron chi connectivity index (χ0n) is 13.4. The molecule has 4 nitrogen and oxygen atoms in total. The summed E-state index contributed by atoms with van der Waals surface area (Å²) >= 11 is 0. The van der Waals surface area contributed by atoms with Gasteiger partial charge in [-0.1, -0.05) is 6.92 Å². The quantitative estimate of drug-likeness (QED) is 0.904. The summed E-state index contributed by atoms with van der Waals surface area (Å²) in [6, 6.07) is 5.63. The van der Waals surface area contributed by atoms with E-state index in [0.717, 1.165) is 38.0 Å². The van der Waals surface area contributed by atoms with Crippen molar-refractivity contribution in [2.24, 2.45) is 0 Å². The largest absolute Gasteiger partial charge is 0.375 e. The van der Waals surface area contributed by atoms with Crippen LogP contribution in [0.3, 0.4) is 0 Å². The third kappa shape index (κ3) is 3.74. The smallest absolute Gasteiger partial charge is 0.129 e. The Morgan fingerprint density at radius 3 is 2.86 bits per heavy atom. The van der Waals surface area contributed by atoms with E-state index in [0.29, 0.717) is 6.04 Å². The summed E-state index contributed by atoms with van der Waals surface area (Å²) in [7, 11) is 0. The van der Waals surface area contributed by atoms with Gasteiger partial charge in [-0.2, -0.15) is 0 Å². The standard InChI is InChI=1S/C17H27N3O/c1-4-15-7-14(9-18-16-5-6-16)8-17(19-15)20-10-13(3)21-11-12(20)2/h7-8,12-13,16,18H,4-6,9-11H2,1-3H3. The number of rotatable bonds is 5. The summed E-state index contributed by atoms with van der Waals surface area (Å²) in [6.45, 7) is 9.20. The van der Waals surface area contributed by atoms with Crippen LogP contribution in [0.25, 0.3) is 0 Å². The number of nitrogens with one attached hydrogen (secondary N) is 1. The average Bonchev–Trinajstić information content (AvgIpc) is 3.31. The first-order valence-corrected chi connectivity index (χ1v) is 8.27. The molecule has 1 N–H and O–H groups in total. The van der Waals surface area contributed by atoms with E-state index in [4.69, 9.17) is 9.72 Å². The van der Waals surface area contributed by atoms with Gasteiger partial charge in [0.1, 0.15) is 5.82 Å². The second-order valence-corrected chi connectivity index (χ2v) is 6.48. The van der Waals surface area contributed by atoms with E-state index >= 15 is 0 Å². The Labute approximate surface area is 127 Å². The van der Waals surface area contributed by atoms with Crippen molar-refractivity contribution in [1.82, 2.24) is 10.3 Å². The van der Waals surface area contributed by atoms with Crippen LogP contribution in [0.4, 0.5) is 5.82 Å². The molecule has 2 atom stereocenters. The summed E-state index contributed by atoms with van der Waals surface area (Å²) in [5, 5.41) is 3.60. The first-order valence-electron chi connectivity index (χ1n) is 8.27. The molecule has 0 aromatic carbocycles. The zero-order chi connectivity index (χ0) is 14.8. The summed E-state index contributed by atoms with van der Waals surface area (Å²) in [5.74, 6) is 1.12. The van der Waals surface area contributed by atoms with E-state index in [1.165, 1.54) is 24.1 Å². The lowest BCUT2D eigenvalue weighted by Crippen LogP contribution is -2.47. The van der Waals surface area contributed by atoms with Gasteiger partial charge in [0.25, 0.3) is 0 Å². The zero-order valence-corrected chi connectivity index (χ0v) is 13.4. The monoisotopic (exact) mass is 289 g/mol. The number of hydrogen-bond donors (Lipinski definition) is 1. The van der Waals surface area contributed by atoms with Crippen molar-refractivity contribution in [3.05, 3.63) is 23.4 Å². The molecule has 3 rings (SSSR count). The van der Waals surface area contributed by atoms with Gasteiger partial charge in [0.15, 0.2) is 0 Å². The van der Waals surface area contributed by atoms with Crippen LogP contribution in [0, 0.1) is 0 Å². The van der Waals surface area contributed by atoms with Crippen molar-refractivity contribution in [1.29, 1.82) is 0 Å². The normalized spacial score (nSPS) is 26.1. The highest BCUT2D eigenvalue weighted by Crippen LogP contribution is 2.23. The third-order valence-corrected chi connectivity index (χ3v) is 4.36. The molecule has 1 saturated carbocycles. The highest BCUT2D eigenvalue weighted by Gasteiger charge is 2.25. The van der Waals surface area contributed by atoms with Crippen LogP contribution in [0.5, 0.6) is 0 Å². The Kier molecular flexibility index (Phi) is 4.45. The maximum Gasteiger partial charge on any atom is 0.129 e. The lowest BCUT2D eigenvalue weighted by Gasteiger charge is -2.38. The van der Waals surface area contributed by atoms with Gasteiger partial charge in [0.2, 0.25) is 0 Å². The van der Waals surface area contributed by atoms with Crippen LogP contribution in [0.1, 0.15) is 44.9 Å². The minimum Gasteiger partial charge on any atom is -0.375 e. The Balaban J connectivity index is 1.79. The van der Waals surface area contributed by atoms with Gasteiger partial charge in [0, 0.05) is 24.8 Å². The molecule has 0 spiro atoms. The van der Waals surface area contributed by atoms with Crippen molar-refractivity contribution >= 4 is 5.82 Å². The number of aryl methyl sites for hydroxylation is 1. The summed E-state index contributed by atoms with van der Waals surface area (Å²) in [6.07, 6.45) is 3.92. The molecule has 2 heterocycles. The van der Waals surface area contributed by atoms with E-state index in [1.807, 2.05) is 0 Å². The van der Waals surface area contributed by atoms with Crippen LogP contribution in [0.15, 0.2) is 12.1 Å². The molecular formula is C17H27N3O. The van der Waals surface area contributed by atoms with Gasteiger partial charge < -0.3 is 15.0 Å². The van der Waals surface area contributed by atoms with Gasteiger partial charge in [-0.3, -0.25) is 0 Å². The average molecular weight is 289 g/mol. The molecule has 21 heavy (non-hydrogen) atoms. The molecule has 116 valence electrons.